The van der Waals surface area contributed by atoms with Crippen molar-refractivity contribution in [2.45, 2.75) is 6.42 Å². The number of nitrogens with two attached hydrogens (primary N) is 1. The van der Waals surface area contributed by atoms with Crippen LogP contribution in [0.4, 0.5) is 0 Å². The second kappa shape index (κ2) is 5.16. The standard InChI is InChI=1S/C16H16N2O/c17-9-8-12-11-18-16-7-6-14(10-15(12)16)19-13-4-2-1-3-5-13/h1-7,10-11,18H,8-9,17H2. The Morgan fingerprint density at radius 3 is 2.63 bits per heavy atom. The van der Waals surface area contributed by atoms with Gasteiger partial charge in [-0.05, 0) is 48.9 Å². The Labute approximate surface area is 112 Å². The van der Waals surface area contributed by atoms with Gasteiger partial charge in [0, 0.05) is 17.1 Å². The Morgan fingerprint density at radius 1 is 1.00 bits per heavy atom. The van der Waals surface area contributed by atoms with E-state index in [0.717, 1.165) is 23.4 Å². The molecule has 0 atom stereocenters. The molecule has 3 aromatic rings. The maximum Gasteiger partial charge on any atom is 0.128 e. The quantitative estimate of drug-likeness (QED) is 0.747. The van der Waals surface area contributed by atoms with E-state index < -0.39 is 0 Å². The van der Waals surface area contributed by atoms with Crippen LogP contribution in [0.3, 0.4) is 0 Å². The highest BCUT2D eigenvalue weighted by atomic mass is 16.5. The average molecular weight is 252 g/mol. The van der Waals surface area contributed by atoms with E-state index in [1.54, 1.807) is 0 Å². The van der Waals surface area contributed by atoms with E-state index >= 15 is 0 Å². The lowest BCUT2D eigenvalue weighted by Crippen LogP contribution is -2.01. The first-order valence-corrected chi connectivity index (χ1v) is 6.40. The van der Waals surface area contributed by atoms with Gasteiger partial charge in [0.1, 0.15) is 11.5 Å². The second-order valence-electron chi connectivity index (χ2n) is 4.48. The van der Waals surface area contributed by atoms with Gasteiger partial charge >= 0.3 is 0 Å². The molecule has 2 aromatic carbocycles. The van der Waals surface area contributed by atoms with E-state index in [1.165, 1.54) is 10.9 Å². The SMILES string of the molecule is NCCc1c[nH]c2ccc(Oc3ccccc3)cc12. The van der Waals surface area contributed by atoms with Crippen molar-refractivity contribution < 1.29 is 4.74 Å². The molecular weight excluding hydrogens is 236 g/mol. The zero-order chi connectivity index (χ0) is 13.1. The van der Waals surface area contributed by atoms with Crippen LogP contribution >= 0.6 is 0 Å². The van der Waals surface area contributed by atoms with Gasteiger partial charge in [-0.25, -0.2) is 0 Å². The summed E-state index contributed by atoms with van der Waals surface area (Å²) in [6.45, 7) is 0.650. The molecule has 19 heavy (non-hydrogen) atoms. The van der Waals surface area contributed by atoms with Crippen LogP contribution < -0.4 is 10.5 Å². The molecule has 0 aliphatic rings. The average Bonchev–Trinajstić information content (AvgIpc) is 2.83. The van der Waals surface area contributed by atoms with Crippen LogP contribution in [0.2, 0.25) is 0 Å². The fourth-order valence-corrected chi connectivity index (χ4v) is 2.21. The molecular formula is C16H16N2O. The van der Waals surface area contributed by atoms with Crippen LogP contribution in [-0.4, -0.2) is 11.5 Å². The zero-order valence-electron chi connectivity index (χ0n) is 10.6. The molecule has 0 saturated carbocycles. The van der Waals surface area contributed by atoms with Crippen molar-refractivity contribution in [3.05, 3.63) is 60.3 Å². The van der Waals surface area contributed by atoms with E-state index in [9.17, 15) is 0 Å². The van der Waals surface area contributed by atoms with Gasteiger partial charge in [-0.3, -0.25) is 0 Å². The summed E-state index contributed by atoms with van der Waals surface area (Å²) >= 11 is 0. The van der Waals surface area contributed by atoms with Crippen molar-refractivity contribution in [1.82, 2.24) is 4.98 Å². The number of fused-ring (bicyclic) bond motifs is 1. The van der Waals surface area contributed by atoms with Gasteiger partial charge in [-0.2, -0.15) is 0 Å². The van der Waals surface area contributed by atoms with E-state index in [4.69, 9.17) is 10.5 Å². The highest BCUT2D eigenvalue weighted by molar-refractivity contribution is 5.84. The van der Waals surface area contributed by atoms with Gasteiger partial charge in [0.05, 0.1) is 0 Å². The van der Waals surface area contributed by atoms with Gasteiger partial charge in [0.15, 0.2) is 0 Å². The summed E-state index contributed by atoms with van der Waals surface area (Å²) in [6, 6.07) is 15.9. The molecule has 0 radical (unpaired) electrons. The van der Waals surface area contributed by atoms with Gasteiger partial charge in [-0.1, -0.05) is 18.2 Å². The predicted octanol–water partition coefficient (Wildman–Crippen LogP) is 3.46. The number of rotatable bonds is 4. The second-order valence-corrected chi connectivity index (χ2v) is 4.48. The van der Waals surface area contributed by atoms with Crippen LogP contribution in [0, 0.1) is 0 Å². The number of nitrogens with one attached hydrogen (secondary N) is 1. The van der Waals surface area contributed by atoms with Crippen molar-refractivity contribution in [3.8, 4) is 11.5 Å². The number of aromatic nitrogens is 1. The van der Waals surface area contributed by atoms with Crippen molar-refractivity contribution in [2.75, 3.05) is 6.54 Å². The van der Waals surface area contributed by atoms with Gasteiger partial charge in [0.2, 0.25) is 0 Å². The largest absolute Gasteiger partial charge is 0.457 e. The topological polar surface area (TPSA) is 51.0 Å². The van der Waals surface area contributed by atoms with Crippen LogP contribution in [-0.2, 0) is 6.42 Å². The summed E-state index contributed by atoms with van der Waals surface area (Å²) in [7, 11) is 0. The summed E-state index contributed by atoms with van der Waals surface area (Å²) in [5.41, 5.74) is 7.97. The van der Waals surface area contributed by atoms with E-state index in [1.807, 2.05) is 48.7 Å². The van der Waals surface area contributed by atoms with Crippen LogP contribution in [0.25, 0.3) is 10.9 Å². The lowest BCUT2D eigenvalue weighted by atomic mass is 10.1. The van der Waals surface area contributed by atoms with Crippen LogP contribution in [0.5, 0.6) is 11.5 Å². The molecule has 0 bridgehead atoms. The number of hydrogen-bond donors (Lipinski definition) is 2. The number of para-hydroxylation sites is 1. The first-order valence-electron chi connectivity index (χ1n) is 6.40. The monoisotopic (exact) mass is 252 g/mol. The molecule has 0 amide bonds. The van der Waals surface area contributed by atoms with Crippen LogP contribution in [0.1, 0.15) is 5.56 Å². The third kappa shape index (κ3) is 2.46. The normalized spacial score (nSPS) is 10.8. The number of benzene rings is 2. The highest BCUT2D eigenvalue weighted by Crippen LogP contribution is 2.27. The third-order valence-electron chi connectivity index (χ3n) is 3.13. The Hall–Kier alpha value is -2.26. The van der Waals surface area contributed by atoms with Crippen molar-refractivity contribution in [3.63, 3.8) is 0 Å². The lowest BCUT2D eigenvalue weighted by Gasteiger charge is -2.06. The van der Waals surface area contributed by atoms with Gasteiger partial charge < -0.3 is 15.5 Å². The Kier molecular flexibility index (Phi) is 3.21. The molecule has 3 N–H and O–H groups in total. The van der Waals surface area contributed by atoms with Gasteiger partial charge in [0.25, 0.3) is 0 Å². The molecule has 3 heteroatoms. The minimum absolute atomic E-state index is 0.650. The molecule has 3 rings (SSSR count). The molecule has 0 spiro atoms. The first-order chi connectivity index (χ1) is 9.36. The van der Waals surface area contributed by atoms with Crippen molar-refractivity contribution >= 4 is 10.9 Å². The number of hydrogen-bond acceptors (Lipinski definition) is 2. The fourth-order valence-electron chi connectivity index (χ4n) is 2.21. The van der Waals surface area contributed by atoms with Crippen molar-refractivity contribution in [2.24, 2.45) is 5.73 Å². The fraction of sp³-hybridized carbons (Fsp3) is 0.125. The molecule has 0 aliphatic carbocycles. The summed E-state index contributed by atoms with van der Waals surface area (Å²) < 4.78 is 5.84. The summed E-state index contributed by atoms with van der Waals surface area (Å²) in [6.07, 6.45) is 2.89. The first kappa shape index (κ1) is 11.8. The van der Waals surface area contributed by atoms with Gasteiger partial charge in [-0.15, -0.1) is 0 Å². The molecule has 96 valence electrons. The van der Waals surface area contributed by atoms with Crippen LogP contribution in [0.15, 0.2) is 54.7 Å². The molecule has 1 aromatic heterocycles. The molecule has 0 unspecified atom stereocenters. The third-order valence-corrected chi connectivity index (χ3v) is 3.13. The Morgan fingerprint density at radius 2 is 1.84 bits per heavy atom. The zero-order valence-corrected chi connectivity index (χ0v) is 10.6. The summed E-state index contributed by atoms with van der Waals surface area (Å²) in [5.74, 6) is 1.69. The lowest BCUT2D eigenvalue weighted by molar-refractivity contribution is 0.483. The molecule has 1 heterocycles. The molecule has 3 nitrogen and oxygen atoms in total. The van der Waals surface area contributed by atoms with E-state index in [2.05, 4.69) is 11.1 Å². The maximum absolute atomic E-state index is 5.84. The Balaban J connectivity index is 1.94. The molecule has 0 fully saturated rings. The summed E-state index contributed by atoms with van der Waals surface area (Å²) in [4.78, 5) is 3.25. The molecule has 0 aliphatic heterocycles. The number of H-pyrrole nitrogens is 1. The van der Waals surface area contributed by atoms with E-state index in [0.29, 0.717) is 6.54 Å². The minimum Gasteiger partial charge on any atom is -0.457 e. The minimum atomic E-state index is 0.650. The highest BCUT2D eigenvalue weighted by Gasteiger charge is 2.05. The Bertz CT molecular complexity index is 674. The maximum atomic E-state index is 5.84. The van der Waals surface area contributed by atoms with Crippen molar-refractivity contribution in [1.29, 1.82) is 0 Å². The number of ether oxygens (including phenoxy) is 1. The van der Waals surface area contributed by atoms with E-state index in [-0.39, 0.29) is 0 Å². The smallest absolute Gasteiger partial charge is 0.128 e. The predicted molar refractivity (Wildman–Crippen MR) is 77.6 cm³/mol. The number of aromatic amines is 1. The summed E-state index contributed by atoms with van der Waals surface area (Å²) in [5, 5.41) is 1.18. The molecule has 0 saturated heterocycles.